The molecule has 1 aliphatic rings. The molecule has 1 fully saturated rings. The largest absolute Gasteiger partial charge is 0.299 e. The minimum Gasteiger partial charge on any atom is -0.299 e. The lowest BCUT2D eigenvalue weighted by Gasteiger charge is -2.13. The number of ketones is 1. The van der Waals surface area contributed by atoms with Crippen molar-refractivity contribution in [2.45, 2.75) is 29.9 Å². The Kier molecular flexibility index (Phi) is 3.52. The first-order valence-corrected chi connectivity index (χ1v) is 6.79. The molecule has 1 aromatic rings. The molecular weight excluding hydrogens is 272 g/mol. The van der Waals surface area contributed by atoms with Crippen molar-refractivity contribution >= 4 is 33.5 Å². The summed E-state index contributed by atoms with van der Waals surface area (Å²) in [5.74, 6) is 0.642. The highest BCUT2D eigenvalue weighted by Crippen LogP contribution is 2.37. The maximum absolute atomic E-state index is 11.4. The molecule has 1 saturated carbocycles. The molecule has 0 bridgehead atoms. The van der Waals surface area contributed by atoms with Crippen molar-refractivity contribution in [3.63, 3.8) is 0 Å². The van der Waals surface area contributed by atoms with Gasteiger partial charge in [-0.1, -0.05) is 22.9 Å². The van der Waals surface area contributed by atoms with Gasteiger partial charge in [-0.05, 0) is 30.7 Å². The average molecular weight is 285 g/mol. The molecule has 2 unspecified atom stereocenters. The van der Waals surface area contributed by atoms with Gasteiger partial charge in [-0.2, -0.15) is 0 Å². The number of halogens is 1. The van der Waals surface area contributed by atoms with E-state index in [0.717, 1.165) is 17.3 Å². The Morgan fingerprint density at radius 1 is 1.33 bits per heavy atom. The first-order chi connectivity index (χ1) is 7.16. The van der Waals surface area contributed by atoms with Gasteiger partial charge in [0.15, 0.2) is 0 Å². The maximum Gasteiger partial charge on any atom is 0.136 e. The van der Waals surface area contributed by atoms with Crippen LogP contribution in [0.15, 0.2) is 33.6 Å². The van der Waals surface area contributed by atoms with Crippen LogP contribution >= 0.6 is 27.7 Å². The van der Waals surface area contributed by atoms with E-state index in [1.54, 1.807) is 0 Å². The Labute approximate surface area is 103 Å². The highest BCUT2D eigenvalue weighted by molar-refractivity contribution is 9.10. The van der Waals surface area contributed by atoms with E-state index in [2.05, 4.69) is 28.1 Å². The zero-order chi connectivity index (χ0) is 10.8. The summed E-state index contributed by atoms with van der Waals surface area (Å²) in [6.45, 7) is 2.05. The Bertz CT molecular complexity index is 360. The van der Waals surface area contributed by atoms with Crippen molar-refractivity contribution in [3.05, 3.63) is 28.7 Å². The van der Waals surface area contributed by atoms with Crippen LogP contribution in [0.25, 0.3) is 0 Å². The SMILES string of the molecule is CC1C(=O)CCC1Sc1ccc(Br)cc1. The first kappa shape index (κ1) is 11.2. The fourth-order valence-corrected chi connectivity index (χ4v) is 3.32. The third-order valence-electron chi connectivity index (χ3n) is 2.84. The highest BCUT2D eigenvalue weighted by Gasteiger charge is 2.31. The number of hydrogen-bond donors (Lipinski definition) is 0. The smallest absolute Gasteiger partial charge is 0.136 e. The normalized spacial score (nSPS) is 25.9. The number of benzene rings is 1. The summed E-state index contributed by atoms with van der Waals surface area (Å²) < 4.78 is 1.10. The molecule has 2 rings (SSSR count). The van der Waals surface area contributed by atoms with E-state index in [-0.39, 0.29) is 5.92 Å². The number of carbonyl (C=O) groups is 1. The Balaban J connectivity index is 2.03. The lowest BCUT2D eigenvalue weighted by molar-refractivity contribution is -0.120. The van der Waals surface area contributed by atoms with E-state index in [0.29, 0.717) is 11.0 Å². The summed E-state index contributed by atoms with van der Waals surface area (Å²) in [7, 11) is 0. The summed E-state index contributed by atoms with van der Waals surface area (Å²) in [4.78, 5) is 12.7. The summed E-state index contributed by atoms with van der Waals surface area (Å²) >= 11 is 5.25. The summed E-state index contributed by atoms with van der Waals surface area (Å²) in [5.41, 5.74) is 0. The molecule has 1 aliphatic carbocycles. The second kappa shape index (κ2) is 4.71. The molecule has 0 aromatic heterocycles. The molecule has 15 heavy (non-hydrogen) atoms. The van der Waals surface area contributed by atoms with Gasteiger partial charge in [-0.3, -0.25) is 4.79 Å². The Hall–Kier alpha value is -0.280. The van der Waals surface area contributed by atoms with Crippen molar-refractivity contribution in [2.24, 2.45) is 5.92 Å². The van der Waals surface area contributed by atoms with Crippen LogP contribution < -0.4 is 0 Å². The number of rotatable bonds is 2. The van der Waals surface area contributed by atoms with Gasteiger partial charge in [0, 0.05) is 27.0 Å². The second-order valence-electron chi connectivity index (χ2n) is 3.90. The quantitative estimate of drug-likeness (QED) is 0.819. The van der Waals surface area contributed by atoms with Gasteiger partial charge >= 0.3 is 0 Å². The van der Waals surface area contributed by atoms with E-state index in [9.17, 15) is 4.79 Å². The number of thioether (sulfide) groups is 1. The lowest BCUT2D eigenvalue weighted by Crippen LogP contribution is -2.11. The van der Waals surface area contributed by atoms with Gasteiger partial charge in [0.2, 0.25) is 0 Å². The van der Waals surface area contributed by atoms with Gasteiger partial charge in [0.1, 0.15) is 5.78 Å². The monoisotopic (exact) mass is 284 g/mol. The van der Waals surface area contributed by atoms with Gasteiger partial charge in [0.25, 0.3) is 0 Å². The molecule has 2 atom stereocenters. The van der Waals surface area contributed by atoms with Crippen LogP contribution in [0.1, 0.15) is 19.8 Å². The van der Waals surface area contributed by atoms with Gasteiger partial charge in [0.05, 0.1) is 0 Å². The molecule has 1 nitrogen and oxygen atoms in total. The highest BCUT2D eigenvalue weighted by atomic mass is 79.9. The topological polar surface area (TPSA) is 17.1 Å². The van der Waals surface area contributed by atoms with Crippen LogP contribution in [0, 0.1) is 5.92 Å². The number of Topliss-reactive ketones (excluding diaryl/α,β-unsaturated/α-hetero) is 1. The average Bonchev–Trinajstić information content (AvgIpc) is 2.53. The molecule has 1 aromatic carbocycles. The molecule has 0 saturated heterocycles. The first-order valence-electron chi connectivity index (χ1n) is 5.12. The van der Waals surface area contributed by atoms with Crippen LogP contribution in [-0.2, 0) is 4.79 Å². The number of carbonyl (C=O) groups excluding carboxylic acids is 1. The fraction of sp³-hybridized carbons (Fsp3) is 0.417. The third-order valence-corrected chi connectivity index (χ3v) is 4.86. The summed E-state index contributed by atoms with van der Waals surface area (Å²) in [6, 6.07) is 8.29. The molecule has 0 N–H and O–H groups in total. The summed E-state index contributed by atoms with van der Waals surface area (Å²) in [6.07, 6.45) is 1.79. The maximum atomic E-state index is 11.4. The van der Waals surface area contributed by atoms with Crippen molar-refractivity contribution < 1.29 is 4.79 Å². The zero-order valence-electron chi connectivity index (χ0n) is 8.57. The van der Waals surface area contributed by atoms with Crippen molar-refractivity contribution in [1.82, 2.24) is 0 Å². The number of hydrogen-bond acceptors (Lipinski definition) is 2. The Morgan fingerprint density at radius 3 is 2.53 bits per heavy atom. The van der Waals surface area contributed by atoms with Crippen LogP contribution in [0.5, 0.6) is 0 Å². The molecular formula is C12H13BrOS. The molecule has 0 aliphatic heterocycles. The molecule has 0 spiro atoms. The van der Waals surface area contributed by atoms with Crippen LogP contribution in [0.4, 0.5) is 0 Å². The van der Waals surface area contributed by atoms with Crippen molar-refractivity contribution in [2.75, 3.05) is 0 Å². The minimum absolute atomic E-state index is 0.221. The van der Waals surface area contributed by atoms with E-state index in [1.165, 1.54) is 4.90 Å². The van der Waals surface area contributed by atoms with E-state index in [4.69, 9.17) is 0 Å². The predicted octanol–water partition coefficient (Wildman–Crippen LogP) is 3.91. The molecule has 3 heteroatoms. The van der Waals surface area contributed by atoms with Crippen LogP contribution in [0.2, 0.25) is 0 Å². The zero-order valence-corrected chi connectivity index (χ0v) is 11.0. The predicted molar refractivity (Wildman–Crippen MR) is 67.2 cm³/mol. The van der Waals surface area contributed by atoms with E-state index in [1.807, 2.05) is 30.8 Å². The van der Waals surface area contributed by atoms with Crippen molar-refractivity contribution in [1.29, 1.82) is 0 Å². The standard InChI is InChI=1S/C12H13BrOS/c1-8-11(14)6-7-12(8)15-10-4-2-9(13)3-5-10/h2-5,8,12H,6-7H2,1H3. The molecule has 0 heterocycles. The third kappa shape index (κ3) is 2.64. The summed E-state index contributed by atoms with van der Waals surface area (Å²) in [5, 5.41) is 0.471. The van der Waals surface area contributed by atoms with E-state index < -0.39 is 0 Å². The van der Waals surface area contributed by atoms with Gasteiger partial charge in [-0.25, -0.2) is 0 Å². The van der Waals surface area contributed by atoms with E-state index >= 15 is 0 Å². The Morgan fingerprint density at radius 2 is 2.00 bits per heavy atom. The fourth-order valence-electron chi connectivity index (χ4n) is 1.82. The van der Waals surface area contributed by atoms with Crippen LogP contribution in [0.3, 0.4) is 0 Å². The van der Waals surface area contributed by atoms with Crippen molar-refractivity contribution in [3.8, 4) is 0 Å². The minimum atomic E-state index is 0.221. The van der Waals surface area contributed by atoms with Gasteiger partial charge in [-0.15, -0.1) is 11.8 Å². The van der Waals surface area contributed by atoms with Gasteiger partial charge < -0.3 is 0 Å². The van der Waals surface area contributed by atoms with Crippen LogP contribution in [-0.4, -0.2) is 11.0 Å². The molecule has 0 radical (unpaired) electrons. The molecule has 0 amide bonds. The molecule has 80 valence electrons. The lowest BCUT2D eigenvalue weighted by atomic mass is 10.1. The second-order valence-corrected chi connectivity index (χ2v) is 6.13.